The van der Waals surface area contributed by atoms with Crippen molar-refractivity contribution >= 4 is 45.8 Å². The van der Waals surface area contributed by atoms with E-state index in [0.717, 1.165) is 53.2 Å². The number of benzene rings is 1. The summed E-state index contributed by atoms with van der Waals surface area (Å²) < 4.78 is 2.31. The highest BCUT2D eigenvalue weighted by Gasteiger charge is 2.29. The summed E-state index contributed by atoms with van der Waals surface area (Å²) in [4.78, 5) is 35.9. The summed E-state index contributed by atoms with van der Waals surface area (Å²) in [6.07, 6.45) is 4.60. The van der Waals surface area contributed by atoms with Crippen molar-refractivity contribution in [3.63, 3.8) is 0 Å². The van der Waals surface area contributed by atoms with Crippen molar-refractivity contribution in [3.8, 4) is 11.3 Å². The number of aromatic amines is 1. The molecular weight excluding hydrogens is 597 g/mol. The number of aryl methyl sites for hydroxylation is 2. The Morgan fingerprint density at radius 2 is 1.86 bits per heavy atom. The molecule has 1 aliphatic rings. The second-order valence-corrected chi connectivity index (χ2v) is 12.2. The van der Waals surface area contributed by atoms with Crippen LogP contribution in [-0.4, -0.2) is 44.7 Å². The third-order valence-electron chi connectivity index (χ3n) is 7.53. The number of carbonyl (C=O) groups is 1. The minimum Gasteiger partial charge on any atom is -0.369 e. The van der Waals surface area contributed by atoms with Gasteiger partial charge in [0.25, 0.3) is 11.5 Å². The first-order valence-electron chi connectivity index (χ1n) is 12.9. The molecule has 0 aliphatic heterocycles. The molecule has 9 heteroatoms. The monoisotopic (exact) mass is 633 g/mol. The number of hydrogen-bond donors (Lipinski definition) is 2. The van der Waals surface area contributed by atoms with Crippen LogP contribution in [-0.2, 0) is 6.54 Å². The molecule has 1 aliphatic carbocycles. The van der Waals surface area contributed by atoms with Crippen molar-refractivity contribution in [1.82, 2.24) is 18.4 Å². The normalized spacial score (nSPS) is 17.7. The van der Waals surface area contributed by atoms with E-state index in [-0.39, 0.29) is 18.0 Å². The van der Waals surface area contributed by atoms with Gasteiger partial charge in [0.15, 0.2) is 0 Å². The number of anilines is 1. The Hall–Kier alpha value is -2.24. The van der Waals surface area contributed by atoms with Crippen LogP contribution >= 0.6 is 34.2 Å². The molecule has 1 amide bonds. The fraction of sp³-hybridized carbons (Fsp3) is 0.464. The molecule has 2 heterocycles. The van der Waals surface area contributed by atoms with Gasteiger partial charge in [-0.1, -0.05) is 0 Å². The Morgan fingerprint density at radius 1 is 1.16 bits per heavy atom. The van der Waals surface area contributed by atoms with Crippen LogP contribution in [0.2, 0.25) is 0 Å². The van der Waals surface area contributed by atoms with Crippen molar-refractivity contribution < 1.29 is 4.79 Å². The Kier molecular flexibility index (Phi) is 9.07. The summed E-state index contributed by atoms with van der Waals surface area (Å²) >= 11 is 3.95. The van der Waals surface area contributed by atoms with E-state index < -0.39 is 0 Å². The van der Waals surface area contributed by atoms with Crippen LogP contribution in [0, 0.1) is 20.8 Å². The Labute approximate surface area is 237 Å². The maximum absolute atomic E-state index is 13.5. The van der Waals surface area contributed by atoms with E-state index in [1.54, 1.807) is 11.3 Å². The number of amides is 1. The predicted octanol–water partition coefficient (Wildman–Crippen LogP) is 5.77. The van der Waals surface area contributed by atoms with Crippen molar-refractivity contribution in [3.05, 3.63) is 67.4 Å². The Morgan fingerprint density at radius 3 is 2.46 bits per heavy atom. The predicted molar refractivity (Wildman–Crippen MR) is 161 cm³/mol. The lowest BCUT2D eigenvalue weighted by molar-refractivity contribution is 0.0950. The van der Waals surface area contributed by atoms with Crippen molar-refractivity contribution in [2.75, 3.05) is 18.5 Å². The molecule has 0 radical (unpaired) electrons. The maximum Gasteiger partial charge on any atom is 0.253 e. The molecule has 1 aromatic carbocycles. The SMILES string of the molecule is CCN(c1cc(-c2cscn2)cc(C(=O)NCc2c(C)cc(C)[nH]c2=O)c1C)C1CCC(N(C)I)CC1. The largest absolute Gasteiger partial charge is 0.369 e. The molecule has 0 atom stereocenters. The van der Waals surface area contributed by atoms with Gasteiger partial charge in [-0.15, -0.1) is 11.3 Å². The van der Waals surface area contributed by atoms with Gasteiger partial charge in [-0.2, -0.15) is 0 Å². The molecule has 3 aromatic rings. The summed E-state index contributed by atoms with van der Waals surface area (Å²) in [5.74, 6) is -0.179. The van der Waals surface area contributed by atoms with Crippen LogP contribution < -0.4 is 15.8 Å². The molecule has 2 N–H and O–H groups in total. The third kappa shape index (κ3) is 6.26. The fourth-order valence-corrected chi connectivity index (χ4v) is 6.57. The number of halogens is 1. The molecule has 4 rings (SSSR count). The lowest BCUT2D eigenvalue weighted by Crippen LogP contribution is -2.41. The quantitative estimate of drug-likeness (QED) is 0.243. The molecule has 198 valence electrons. The highest BCUT2D eigenvalue weighted by molar-refractivity contribution is 14.1. The van der Waals surface area contributed by atoms with E-state index >= 15 is 0 Å². The molecule has 0 spiro atoms. The van der Waals surface area contributed by atoms with Gasteiger partial charge in [-0.05, 0) is 89.8 Å². The highest BCUT2D eigenvalue weighted by atomic mass is 127. The number of aromatic nitrogens is 2. The van der Waals surface area contributed by atoms with Crippen LogP contribution in [0.3, 0.4) is 0 Å². The number of hydrogen-bond acceptors (Lipinski definition) is 6. The van der Waals surface area contributed by atoms with E-state index in [0.29, 0.717) is 23.2 Å². The van der Waals surface area contributed by atoms with Gasteiger partial charge in [0.1, 0.15) is 0 Å². The van der Waals surface area contributed by atoms with Crippen LogP contribution in [0.5, 0.6) is 0 Å². The van der Waals surface area contributed by atoms with Crippen molar-refractivity contribution in [2.45, 2.75) is 72.0 Å². The fourth-order valence-electron chi connectivity index (χ4n) is 5.45. The zero-order valence-electron chi connectivity index (χ0n) is 22.2. The number of nitrogens with zero attached hydrogens (tertiary/aromatic N) is 3. The van der Waals surface area contributed by atoms with Gasteiger partial charge >= 0.3 is 0 Å². The Balaban J connectivity index is 1.66. The number of carbonyl (C=O) groups excluding carboxylic acids is 1. The molecule has 1 saturated carbocycles. The molecule has 1 fully saturated rings. The molecule has 0 saturated heterocycles. The molecular formula is C28H36IN5O2S. The number of H-pyrrole nitrogens is 1. The molecule has 0 bridgehead atoms. The molecule has 0 unspecified atom stereocenters. The third-order valence-corrected chi connectivity index (χ3v) is 8.91. The standard InChI is InChI=1S/C28H36IN5O2S/c1-6-34(22-9-7-21(8-10-22)33(5)29)26-13-20(25-15-37-16-31-25)12-23(19(26)4)27(35)30-14-24-17(2)11-18(3)32-28(24)36/h11-13,15-16,21-22H,6-10,14H2,1-5H3,(H,30,35)(H,32,36). The first kappa shape index (κ1) is 27.8. The van der Waals surface area contributed by atoms with Crippen molar-refractivity contribution in [1.29, 1.82) is 0 Å². The molecule has 2 aromatic heterocycles. The lowest BCUT2D eigenvalue weighted by atomic mass is 9.89. The van der Waals surface area contributed by atoms with E-state index in [2.05, 4.69) is 66.2 Å². The summed E-state index contributed by atoms with van der Waals surface area (Å²) in [5, 5.41) is 5.03. The summed E-state index contributed by atoms with van der Waals surface area (Å²) in [5.41, 5.74) is 8.42. The lowest BCUT2D eigenvalue weighted by Gasteiger charge is -2.40. The van der Waals surface area contributed by atoms with E-state index in [4.69, 9.17) is 0 Å². The number of nitrogens with one attached hydrogen (secondary N) is 2. The number of pyridine rings is 1. The van der Waals surface area contributed by atoms with Gasteiger partial charge in [0.2, 0.25) is 0 Å². The number of rotatable bonds is 8. The van der Waals surface area contributed by atoms with Crippen molar-refractivity contribution in [2.24, 2.45) is 0 Å². The first-order valence-corrected chi connectivity index (χ1v) is 14.8. The van der Waals surface area contributed by atoms with Gasteiger partial charge < -0.3 is 15.2 Å². The van der Waals surface area contributed by atoms with Gasteiger partial charge in [0, 0.05) is 81.5 Å². The van der Waals surface area contributed by atoms with Crippen LogP contribution in [0.15, 0.2) is 33.9 Å². The average Bonchev–Trinajstić information content (AvgIpc) is 3.40. The first-order chi connectivity index (χ1) is 17.7. The zero-order chi connectivity index (χ0) is 26.7. The second-order valence-electron chi connectivity index (χ2n) is 9.94. The summed E-state index contributed by atoms with van der Waals surface area (Å²) in [7, 11) is 2.15. The second kappa shape index (κ2) is 12.1. The van der Waals surface area contributed by atoms with Crippen LogP contribution in [0.25, 0.3) is 11.3 Å². The minimum atomic E-state index is -0.179. The Bertz CT molecular complexity index is 1300. The molecule has 37 heavy (non-hydrogen) atoms. The highest BCUT2D eigenvalue weighted by Crippen LogP contribution is 2.36. The smallest absolute Gasteiger partial charge is 0.253 e. The maximum atomic E-state index is 13.5. The minimum absolute atomic E-state index is 0.156. The summed E-state index contributed by atoms with van der Waals surface area (Å²) in [6, 6.07) is 7.11. The number of thiazole rings is 1. The van der Waals surface area contributed by atoms with E-state index in [1.807, 2.05) is 43.8 Å². The van der Waals surface area contributed by atoms with Gasteiger partial charge in [0.05, 0.1) is 11.2 Å². The zero-order valence-corrected chi connectivity index (χ0v) is 25.2. The topological polar surface area (TPSA) is 81.3 Å². The summed E-state index contributed by atoms with van der Waals surface area (Å²) in [6.45, 7) is 9.04. The van der Waals surface area contributed by atoms with Crippen LogP contribution in [0.1, 0.15) is 65.3 Å². The van der Waals surface area contributed by atoms with Crippen LogP contribution in [0.4, 0.5) is 5.69 Å². The average molecular weight is 634 g/mol. The molecule has 7 nitrogen and oxygen atoms in total. The van der Waals surface area contributed by atoms with E-state index in [1.165, 1.54) is 12.8 Å². The van der Waals surface area contributed by atoms with Gasteiger partial charge in [-0.3, -0.25) is 9.59 Å². The van der Waals surface area contributed by atoms with E-state index in [9.17, 15) is 9.59 Å². The van der Waals surface area contributed by atoms with Gasteiger partial charge in [-0.25, -0.2) is 8.10 Å².